The molecule has 0 bridgehead atoms. The van der Waals surface area contributed by atoms with Gasteiger partial charge in [0.15, 0.2) is 11.6 Å². The molecule has 0 saturated carbocycles. The number of halogens is 5. The van der Waals surface area contributed by atoms with Crippen LogP contribution in [0.25, 0.3) is 0 Å². The number of Topliss-reactive ketones (excluding diaryl/α,β-unsaturated/α-hetero) is 2. The van der Waals surface area contributed by atoms with Crippen LogP contribution in [0.5, 0.6) is 0 Å². The number of alkyl carbamates (subject to hydrolysis) is 2. The number of nitrogens with one attached hydrogen (secondary N) is 5. The van der Waals surface area contributed by atoms with E-state index in [0.29, 0.717) is 30.8 Å². The summed E-state index contributed by atoms with van der Waals surface area (Å²) in [4.78, 5) is 99.3. The van der Waals surface area contributed by atoms with Crippen molar-refractivity contribution in [3.05, 3.63) is 60.0 Å². The molecule has 2 heterocycles. The zero-order valence-corrected chi connectivity index (χ0v) is 45.8. The molecule has 2 atom stereocenters. The number of benzene rings is 2. The summed E-state index contributed by atoms with van der Waals surface area (Å²) in [5.41, 5.74) is -0.628. The first kappa shape index (κ1) is 62.7. The molecule has 71 heavy (non-hydrogen) atoms. The van der Waals surface area contributed by atoms with Crippen molar-refractivity contribution in [2.24, 2.45) is 0 Å². The largest absolute Gasteiger partial charge is 0.467 e. The molecular weight excluding hydrogens is 1080 g/mol. The average molecular weight is 1140 g/mol. The lowest BCUT2D eigenvalue weighted by molar-refractivity contribution is -0.144. The number of piperidine rings is 1. The number of carbonyl (C=O) groups excluding carboxylic acids is 8. The van der Waals surface area contributed by atoms with Crippen molar-refractivity contribution in [1.29, 1.82) is 0 Å². The Kier molecular flexibility index (Phi) is 27.6. The minimum atomic E-state index is -1.12. The lowest BCUT2D eigenvalue weighted by atomic mass is 10.1. The van der Waals surface area contributed by atoms with Crippen molar-refractivity contribution in [3.8, 4) is 0 Å². The van der Waals surface area contributed by atoms with E-state index >= 15 is 0 Å². The van der Waals surface area contributed by atoms with Crippen molar-refractivity contribution in [1.82, 2.24) is 26.6 Å². The zero-order valence-electron chi connectivity index (χ0n) is 41.2. The Bertz CT molecular complexity index is 2110. The van der Waals surface area contributed by atoms with Crippen LogP contribution in [-0.4, -0.2) is 137 Å². The molecule has 0 radical (unpaired) electrons. The van der Waals surface area contributed by atoms with Gasteiger partial charge >= 0.3 is 24.1 Å². The summed E-state index contributed by atoms with van der Waals surface area (Å²) in [5.74, 6) is -3.55. The van der Waals surface area contributed by atoms with Gasteiger partial charge in [-0.1, -0.05) is 68.8 Å². The molecule has 5 N–H and O–H groups in total. The van der Waals surface area contributed by atoms with Gasteiger partial charge in [-0.05, 0) is 105 Å². The first-order valence-electron chi connectivity index (χ1n) is 22.7. The Labute approximate surface area is 443 Å². The second-order valence-corrected chi connectivity index (χ2v) is 20.4. The van der Waals surface area contributed by atoms with E-state index in [1.165, 1.54) is 51.6 Å². The standard InChI is InChI=1S/C23H31Cl2N3O7.C19H23BrCl2N2O6.C5H11N/c1-23(2,3)35-22(32)26-13-15(29)5-6-18(21(31)33-4)27-20(30)19-16(24)11-14(12-17(19)25)28-7-9-34-10-8-28;1-19(2,3)30-18(28)23-9-11(25)5-6-14(17(27)29-4)24-16(26)15-12(21)7-10(20)8-13(15)22;1-2-4-6-5-3-1/h11-12,18H,5-10,13H2,1-4H3,(H,26,32)(H,27,30);7-8,14H,5-6,9H2,1-4H3,(H,23,28)(H,24,26);6H,1-5H2/t18-;14-;/m00./s1. The predicted octanol–water partition coefficient (Wildman–Crippen LogP) is 7.64. The molecule has 2 aliphatic rings. The number of rotatable bonds is 17. The van der Waals surface area contributed by atoms with Gasteiger partial charge in [0, 0.05) is 36.1 Å². The molecule has 0 aliphatic carbocycles. The molecule has 0 unspecified atom stereocenters. The van der Waals surface area contributed by atoms with E-state index in [4.69, 9.17) is 65.4 Å². The maximum absolute atomic E-state index is 12.9. The van der Waals surface area contributed by atoms with Gasteiger partial charge in [-0.25, -0.2) is 19.2 Å². The van der Waals surface area contributed by atoms with E-state index in [0.717, 1.165) is 12.8 Å². The molecule has 0 aromatic heterocycles. The van der Waals surface area contributed by atoms with Crippen LogP contribution in [0.2, 0.25) is 20.1 Å². The Hall–Kier alpha value is -4.44. The number of carbonyl (C=O) groups is 8. The molecule has 4 amide bonds. The third kappa shape index (κ3) is 24.7. The fourth-order valence-electron chi connectivity index (χ4n) is 6.34. The highest BCUT2D eigenvalue weighted by Crippen LogP contribution is 2.32. The maximum Gasteiger partial charge on any atom is 0.408 e. The molecule has 0 spiro atoms. The van der Waals surface area contributed by atoms with Gasteiger partial charge in [-0.15, -0.1) is 0 Å². The number of ketones is 2. The Morgan fingerprint density at radius 1 is 0.648 bits per heavy atom. The van der Waals surface area contributed by atoms with Gasteiger partial charge < -0.3 is 55.2 Å². The summed E-state index contributed by atoms with van der Waals surface area (Å²) in [7, 11) is 2.33. The number of esters is 2. The van der Waals surface area contributed by atoms with Gasteiger partial charge in [-0.3, -0.25) is 19.2 Å². The second-order valence-electron chi connectivity index (χ2n) is 17.9. The Morgan fingerprint density at radius 3 is 1.35 bits per heavy atom. The fraction of sp³-hybridized carbons (Fsp3) is 0.574. The zero-order chi connectivity index (χ0) is 53.5. The van der Waals surface area contributed by atoms with E-state index < -0.39 is 59.2 Å². The molecule has 4 rings (SSSR count). The van der Waals surface area contributed by atoms with Crippen molar-refractivity contribution in [2.75, 3.05) is 71.6 Å². The highest BCUT2D eigenvalue weighted by Gasteiger charge is 2.28. The van der Waals surface area contributed by atoms with E-state index in [1.807, 2.05) is 4.90 Å². The van der Waals surface area contributed by atoms with Crippen LogP contribution in [0, 0.1) is 0 Å². The number of morpholine rings is 1. The lowest BCUT2D eigenvalue weighted by Gasteiger charge is -2.29. The molecule has 19 nitrogen and oxygen atoms in total. The highest BCUT2D eigenvalue weighted by molar-refractivity contribution is 9.10. The van der Waals surface area contributed by atoms with Gasteiger partial charge in [0.1, 0.15) is 23.3 Å². The van der Waals surface area contributed by atoms with Crippen molar-refractivity contribution < 1.29 is 62.0 Å². The molecule has 2 aromatic rings. The minimum absolute atomic E-state index is 0.00615. The molecule has 396 valence electrons. The van der Waals surface area contributed by atoms with E-state index in [2.05, 4.69) is 47.3 Å². The van der Waals surface area contributed by atoms with E-state index in [9.17, 15) is 38.4 Å². The van der Waals surface area contributed by atoms with Gasteiger partial charge in [-0.2, -0.15) is 0 Å². The summed E-state index contributed by atoms with van der Waals surface area (Å²) in [6.45, 7) is 14.6. The second kappa shape index (κ2) is 31.2. The van der Waals surface area contributed by atoms with Crippen LogP contribution in [0.3, 0.4) is 0 Å². The summed E-state index contributed by atoms with van der Waals surface area (Å²) >= 11 is 28.1. The average Bonchev–Trinajstić information content (AvgIpc) is 3.29. The molecule has 2 fully saturated rings. The van der Waals surface area contributed by atoms with Crippen molar-refractivity contribution >= 4 is 116 Å². The topological polar surface area (TPSA) is 246 Å². The van der Waals surface area contributed by atoms with Crippen LogP contribution in [0.15, 0.2) is 28.7 Å². The van der Waals surface area contributed by atoms with Crippen LogP contribution >= 0.6 is 62.3 Å². The third-order valence-corrected chi connectivity index (χ3v) is 11.4. The summed E-state index contributed by atoms with van der Waals surface area (Å²) in [6, 6.07) is 4.01. The van der Waals surface area contributed by atoms with Crippen molar-refractivity contribution in [3.63, 3.8) is 0 Å². The van der Waals surface area contributed by atoms with Crippen LogP contribution in [0.4, 0.5) is 15.3 Å². The molecule has 2 aromatic carbocycles. The summed E-state index contributed by atoms with van der Waals surface area (Å²) < 4.78 is 25.5. The minimum Gasteiger partial charge on any atom is -0.467 e. The highest BCUT2D eigenvalue weighted by atomic mass is 79.9. The predicted molar refractivity (Wildman–Crippen MR) is 274 cm³/mol. The fourth-order valence-corrected chi connectivity index (χ4v) is 8.37. The summed E-state index contributed by atoms with van der Waals surface area (Å²) in [5, 5.41) is 13.4. The number of anilines is 1. The Morgan fingerprint density at radius 2 is 1.03 bits per heavy atom. The summed E-state index contributed by atoms with van der Waals surface area (Å²) in [6.07, 6.45) is 2.47. The van der Waals surface area contributed by atoms with Crippen LogP contribution < -0.4 is 31.5 Å². The smallest absolute Gasteiger partial charge is 0.408 e. The van der Waals surface area contributed by atoms with E-state index in [1.54, 1.807) is 53.7 Å². The number of amides is 4. The Balaban J connectivity index is 0.000000438. The molecule has 2 aliphatic heterocycles. The normalized spacial score (nSPS) is 14.3. The van der Waals surface area contributed by atoms with Crippen LogP contribution in [0.1, 0.15) is 107 Å². The molecular formula is C47H65BrCl4N6O13. The van der Waals surface area contributed by atoms with Gasteiger partial charge in [0.2, 0.25) is 0 Å². The lowest BCUT2D eigenvalue weighted by Crippen LogP contribution is -2.42. The number of nitrogens with zero attached hydrogens (tertiary/aromatic N) is 1. The van der Waals surface area contributed by atoms with E-state index in [-0.39, 0.29) is 81.6 Å². The molecule has 2 saturated heterocycles. The van der Waals surface area contributed by atoms with Gasteiger partial charge in [0.05, 0.1) is 71.7 Å². The number of hydrogen-bond acceptors (Lipinski definition) is 15. The number of ether oxygens (including phenoxy) is 5. The maximum atomic E-state index is 12.9. The number of hydrogen-bond donors (Lipinski definition) is 5. The first-order chi connectivity index (χ1) is 33.2. The van der Waals surface area contributed by atoms with Crippen LogP contribution in [-0.2, 0) is 42.9 Å². The van der Waals surface area contributed by atoms with Crippen molar-refractivity contribution in [2.45, 2.75) is 110 Å². The van der Waals surface area contributed by atoms with Gasteiger partial charge in [0.25, 0.3) is 11.8 Å². The number of methoxy groups -OCH3 is 2. The first-order valence-corrected chi connectivity index (χ1v) is 25.0. The quantitative estimate of drug-likeness (QED) is 0.0755. The third-order valence-electron chi connectivity index (χ3n) is 9.73. The monoisotopic (exact) mass is 1140 g/mol. The SMILES string of the molecule is C1CCNCC1.COC(=O)[C@H](CCC(=O)CNC(=O)OC(C)(C)C)NC(=O)c1c(Cl)cc(Br)cc1Cl.COC(=O)[C@H](CCC(=O)CNC(=O)OC(C)(C)C)NC(=O)c1c(Cl)cc(N2CCOCC2)cc1Cl. The molecule has 24 heteroatoms.